The third kappa shape index (κ3) is 4.51. The van der Waals surface area contributed by atoms with Crippen LogP contribution in [0.15, 0.2) is 24.3 Å². The van der Waals surface area contributed by atoms with Crippen LogP contribution in [0.4, 0.5) is 0 Å². The highest BCUT2D eigenvalue weighted by Gasteiger charge is 2.21. The van der Waals surface area contributed by atoms with Gasteiger partial charge in [0, 0.05) is 13.1 Å². The van der Waals surface area contributed by atoms with Crippen LogP contribution in [0.3, 0.4) is 0 Å². The Hall–Kier alpha value is -1.06. The van der Waals surface area contributed by atoms with Gasteiger partial charge in [0.05, 0.1) is 6.61 Å². The van der Waals surface area contributed by atoms with Crippen LogP contribution in [0.5, 0.6) is 5.75 Å². The van der Waals surface area contributed by atoms with Crippen molar-refractivity contribution in [1.82, 2.24) is 10.2 Å². The number of hydrogen-bond donors (Lipinski definition) is 1. The second-order valence-electron chi connectivity index (χ2n) is 5.44. The number of nitrogens with zero attached hydrogens (tertiary/aromatic N) is 1. The lowest BCUT2D eigenvalue weighted by Crippen LogP contribution is -2.24. The Labute approximate surface area is 116 Å². The van der Waals surface area contributed by atoms with Gasteiger partial charge in [-0.2, -0.15) is 0 Å². The van der Waals surface area contributed by atoms with Crippen LogP contribution in [0.25, 0.3) is 0 Å². The minimum absolute atomic E-state index is 0.803. The molecule has 2 rings (SSSR count). The normalized spacial score (nSPS) is 19.8. The molecule has 0 bridgehead atoms. The molecule has 0 spiro atoms. The molecular formula is C16H26N2O. The number of rotatable bonds is 7. The number of likely N-dealkylation sites (tertiary alicyclic amines) is 1. The quantitative estimate of drug-likeness (QED) is 0.817. The molecule has 1 aliphatic heterocycles. The first-order chi connectivity index (χ1) is 9.31. The monoisotopic (exact) mass is 262 g/mol. The fourth-order valence-electron chi connectivity index (χ4n) is 2.72. The molecule has 19 heavy (non-hydrogen) atoms. The van der Waals surface area contributed by atoms with Gasteiger partial charge < -0.3 is 10.1 Å². The topological polar surface area (TPSA) is 24.5 Å². The van der Waals surface area contributed by atoms with E-state index in [2.05, 4.69) is 35.3 Å². The van der Waals surface area contributed by atoms with Crippen molar-refractivity contribution in [3.63, 3.8) is 0 Å². The van der Waals surface area contributed by atoms with Gasteiger partial charge in [-0.1, -0.05) is 19.1 Å². The molecule has 0 aromatic heterocycles. The van der Waals surface area contributed by atoms with E-state index >= 15 is 0 Å². The summed E-state index contributed by atoms with van der Waals surface area (Å²) in [5.74, 6) is 1.81. The van der Waals surface area contributed by atoms with Crippen molar-refractivity contribution in [1.29, 1.82) is 0 Å². The third-order valence-corrected chi connectivity index (χ3v) is 3.64. The average Bonchev–Trinajstić information content (AvgIpc) is 2.85. The minimum atomic E-state index is 0.803. The summed E-state index contributed by atoms with van der Waals surface area (Å²) in [5.41, 5.74) is 1.36. The van der Waals surface area contributed by atoms with Crippen molar-refractivity contribution in [3.05, 3.63) is 29.8 Å². The zero-order valence-electron chi connectivity index (χ0n) is 12.2. The Bertz CT molecular complexity index is 381. The Morgan fingerprint density at radius 1 is 1.42 bits per heavy atom. The summed E-state index contributed by atoms with van der Waals surface area (Å²) < 4.78 is 5.69. The van der Waals surface area contributed by atoms with Crippen molar-refractivity contribution < 1.29 is 4.74 Å². The zero-order valence-corrected chi connectivity index (χ0v) is 12.2. The first kappa shape index (κ1) is 14.4. The van der Waals surface area contributed by atoms with Crippen LogP contribution in [0, 0.1) is 5.92 Å². The molecule has 1 N–H and O–H groups in total. The fourth-order valence-corrected chi connectivity index (χ4v) is 2.72. The summed E-state index contributed by atoms with van der Waals surface area (Å²) >= 11 is 0. The molecule has 1 unspecified atom stereocenters. The highest BCUT2D eigenvalue weighted by atomic mass is 16.5. The molecule has 1 aromatic rings. The van der Waals surface area contributed by atoms with E-state index in [1.807, 2.05) is 13.1 Å². The maximum absolute atomic E-state index is 5.69. The Balaban J connectivity index is 1.85. The van der Waals surface area contributed by atoms with E-state index in [-0.39, 0.29) is 0 Å². The molecule has 0 aliphatic carbocycles. The van der Waals surface area contributed by atoms with Gasteiger partial charge in [-0.05, 0) is 56.6 Å². The predicted octanol–water partition coefficient (Wildman–Crippen LogP) is 2.52. The van der Waals surface area contributed by atoms with Crippen LogP contribution in [0.2, 0.25) is 0 Å². The van der Waals surface area contributed by atoms with Crippen molar-refractivity contribution in [2.45, 2.75) is 26.3 Å². The van der Waals surface area contributed by atoms with E-state index in [9.17, 15) is 0 Å². The lowest BCUT2D eigenvalue weighted by Gasteiger charge is -2.16. The second-order valence-corrected chi connectivity index (χ2v) is 5.44. The summed E-state index contributed by atoms with van der Waals surface area (Å²) in [6.07, 6.45) is 2.37. The molecule has 1 atom stereocenters. The maximum Gasteiger partial charge on any atom is 0.119 e. The fraction of sp³-hybridized carbons (Fsp3) is 0.625. The predicted molar refractivity (Wildman–Crippen MR) is 79.5 cm³/mol. The summed E-state index contributed by atoms with van der Waals surface area (Å²) in [7, 11) is 2.04. The lowest BCUT2D eigenvalue weighted by atomic mass is 10.1. The van der Waals surface area contributed by atoms with Gasteiger partial charge >= 0.3 is 0 Å². The molecule has 1 aliphatic rings. The highest BCUT2D eigenvalue weighted by molar-refractivity contribution is 5.28. The van der Waals surface area contributed by atoms with Gasteiger partial charge in [-0.3, -0.25) is 4.90 Å². The molecule has 1 aromatic carbocycles. The number of benzene rings is 1. The lowest BCUT2D eigenvalue weighted by molar-refractivity contribution is 0.307. The van der Waals surface area contributed by atoms with E-state index < -0.39 is 0 Å². The summed E-state index contributed by atoms with van der Waals surface area (Å²) in [4.78, 5) is 2.54. The van der Waals surface area contributed by atoms with Crippen LogP contribution in [-0.4, -0.2) is 38.2 Å². The maximum atomic E-state index is 5.69. The molecule has 0 amide bonds. The molecule has 1 heterocycles. The number of hydrogen-bond acceptors (Lipinski definition) is 3. The summed E-state index contributed by atoms with van der Waals surface area (Å²) in [5, 5.41) is 3.28. The molecular weight excluding hydrogens is 236 g/mol. The SMILES string of the molecule is CCCOc1cccc(CN2CCC(CNC)C2)c1. The molecule has 1 fully saturated rings. The smallest absolute Gasteiger partial charge is 0.119 e. The molecule has 0 radical (unpaired) electrons. The zero-order chi connectivity index (χ0) is 13.5. The molecule has 3 nitrogen and oxygen atoms in total. The number of nitrogens with one attached hydrogen (secondary N) is 1. The van der Waals surface area contributed by atoms with Crippen molar-refractivity contribution in [3.8, 4) is 5.75 Å². The Morgan fingerprint density at radius 2 is 2.32 bits per heavy atom. The minimum Gasteiger partial charge on any atom is -0.494 e. The van der Waals surface area contributed by atoms with Gasteiger partial charge in [-0.25, -0.2) is 0 Å². The standard InChI is InChI=1S/C16H26N2O/c1-3-9-19-16-6-4-5-14(10-16)12-18-8-7-15(13-18)11-17-2/h4-6,10,15,17H,3,7-9,11-13H2,1-2H3. The Kier molecular flexibility index (Phi) is 5.67. The van der Waals surface area contributed by atoms with Crippen molar-refractivity contribution >= 4 is 0 Å². The van der Waals surface area contributed by atoms with Crippen molar-refractivity contribution in [2.24, 2.45) is 5.92 Å². The van der Waals surface area contributed by atoms with Gasteiger partial charge in [0.25, 0.3) is 0 Å². The second kappa shape index (κ2) is 7.51. The average molecular weight is 262 g/mol. The Morgan fingerprint density at radius 3 is 3.11 bits per heavy atom. The summed E-state index contributed by atoms with van der Waals surface area (Å²) in [6.45, 7) is 7.54. The van der Waals surface area contributed by atoms with E-state index in [0.29, 0.717) is 0 Å². The van der Waals surface area contributed by atoms with Gasteiger partial charge in [0.1, 0.15) is 5.75 Å². The van der Waals surface area contributed by atoms with Crippen LogP contribution in [0.1, 0.15) is 25.3 Å². The first-order valence-electron chi connectivity index (χ1n) is 7.40. The highest BCUT2D eigenvalue weighted by Crippen LogP contribution is 2.20. The third-order valence-electron chi connectivity index (χ3n) is 3.64. The van der Waals surface area contributed by atoms with Crippen LogP contribution >= 0.6 is 0 Å². The summed E-state index contributed by atoms with van der Waals surface area (Å²) in [6, 6.07) is 8.53. The van der Waals surface area contributed by atoms with E-state index in [4.69, 9.17) is 4.74 Å². The van der Waals surface area contributed by atoms with Crippen LogP contribution in [-0.2, 0) is 6.54 Å². The van der Waals surface area contributed by atoms with E-state index in [1.54, 1.807) is 0 Å². The van der Waals surface area contributed by atoms with Gasteiger partial charge in [0.15, 0.2) is 0 Å². The molecule has 106 valence electrons. The number of ether oxygens (including phenoxy) is 1. The molecule has 3 heteroatoms. The van der Waals surface area contributed by atoms with Gasteiger partial charge in [0.2, 0.25) is 0 Å². The van der Waals surface area contributed by atoms with Gasteiger partial charge in [-0.15, -0.1) is 0 Å². The van der Waals surface area contributed by atoms with Crippen LogP contribution < -0.4 is 10.1 Å². The largest absolute Gasteiger partial charge is 0.494 e. The van der Waals surface area contributed by atoms with E-state index in [1.165, 1.54) is 25.1 Å². The van der Waals surface area contributed by atoms with Crippen molar-refractivity contribution in [2.75, 3.05) is 33.3 Å². The molecule has 1 saturated heterocycles. The molecule has 0 saturated carbocycles. The first-order valence-corrected chi connectivity index (χ1v) is 7.40. The van der Waals surface area contributed by atoms with E-state index in [0.717, 1.165) is 37.8 Å².